The third-order valence-corrected chi connectivity index (χ3v) is 7.00. The van der Waals surface area contributed by atoms with Crippen molar-refractivity contribution in [2.45, 2.75) is 57.7 Å². The first-order valence-electron chi connectivity index (χ1n) is 12.6. The highest BCUT2D eigenvalue weighted by molar-refractivity contribution is 5.45. The summed E-state index contributed by atoms with van der Waals surface area (Å²) in [6, 6.07) is 21.2. The minimum absolute atomic E-state index is 0.268. The molecule has 5 nitrogen and oxygen atoms in total. The summed E-state index contributed by atoms with van der Waals surface area (Å²) < 4.78 is 0. The SMILES string of the molecule is NCc1ccc(CNC2CCCCc3cccnc32)c(Cc2ccccn2)c1Cc1ccccn1. The highest BCUT2D eigenvalue weighted by atomic mass is 14.9. The van der Waals surface area contributed by atoms with Gasteiger partial charge in [0.15, 0.2) is 0 Å². The number of nitrogens with zero attached hydrogens (tertiary/aromatic N) is 3. The van der Waals surface area contributed by atoms with Gasteiger partial charge in [-0.3, -0.25) is 15.0 Å². The topological polar surface area (TPSA) is 76.7 Å². The van der Waals surface area contributed by atoms with E-state index >= 15 is 0 Å². The van der Waals surface area contributed by atoms with Crippen LogP contribution in [-0.2, 0) is 32.4 Å². The maximum atomic E-state index is 6.22. The zero-order valence-corrected chi connectivity index (χ0v) is 20.2. The van der Waals surface area contributed by atoms with E-state index in [0.29, 0.717) is 6.54 Å². The summed E-state index contributed by atoms with van der Waals surface area (Å²) in [5.41, 5.74) is 16.0. The third kappa shape index (κ3) is 5.64. The van der Waals surface area contributed by atoms with Crippen LogP contribution < -0.4 is 11.1 Å². The number of rotatable bonds is 8. The van der Waals surface area contributed by atoms with Gasteiger partial charge in [0.2, 0.25) is 0 Å². The van der Waals surface area contributed by atoms with Gasteiger partial charge in [0, 0.05) is 55.9 Å². The first-order chi connectivity index (χ1) is 17.3. The smallest absolute Gasteiger partial charge is 0.0605 e. The Balaban J connectivity index is 1.49. The van der Waals surface area contributed by atoms with Gasteiger partial charge < -0.3 is 11.1 Å². The van der Waals surface area contributed by atoms with Crippen molar-refractivity contribution in [2.24, 2.45) is 5.73 Å². The first-order valence-corrected chi connectivity index (χ1v) is 12.6. The summed E-state index contributed by atoms with van der Waals surface area (Å²) in [5.74, 6) is 0. The maximum Gasteiger partial charge on any atom is 0.0605 e. The Hall–Kier alpha value is -3.41. The van der Waals surface area contributed by atoms with E-state index in [9.17, 15) is 0 Å². The second kappa shape index (κ2) is 11.3. The molecular formula is C30H33N5. The van der Waals surface area contributed by atoms with Crippen LogP contribution in [0.2, 0.25) is 0 Å². The molecule has 3 aromatic heterocycles. The normalized spacial score (nSPS) is 15.4. The third-order valence-electron chi connectivity index (χ3n) is 7.00. The van der Waals surface area contributed by atoms with Crippen molar-refractivity contribution in [3.8, 4) is 0 Å². The van der Waals surface area contributed by atoms with E-state index in [2.05, 4.69) is 57.7 Å². The molecule has 5 rings (SSSR count). The average molecular weight is 464 g/mol. The Bertz CT molecular complexity index is 1240. The second-order valence-electron chi connectivity index (χ2n) is 9.27. The number of aryl methyl sites for hydroxylation is 1. The molecule has 0 amide bonds. The molecule has 35 heavy (non-hydrogen) atoms. The van der Waals surface area contributed by atoms with Gasteiger partial charge in [-0.2, -0.15) is 0 Å². The van der Waals surface area contributed by atoms with Gasteiger partial charge in [0.05, 0.1) is 11.7 Å². The van der Waals surface area contributed by atoms with E-state index in [4.69, 9.17) is 10.7 Å². The maximum absolute atomic E-state index is 6.22. The van der Waals surface area contributed by atoms with Crippen molar-refractivity contribution in [2.75, 3.05) is 0 Å². The molecule has 0 radical (unpaired) electrons. The van der Waals surface area contributed by atoms with Crippen LogP contribution >= 0.6 is 0 Å². The summed E-state index contributed by atoms with van der Waals surface area (Å²) in [7, 11) is 0. The van der Waals surface area contributed by atoms with Gasteiger partial charge in [-0.05, 0) is 77.4 Å². The molecule has 178 valence electrons. The second-order valence-corrected chi connectivity index (χ2v) is 9.27. The number of hydrogen-bond donors (Lipinski definition) is 2. The summed E-state index contributed by atoms with van der Waals surface area (Å²) in [4.78, 5) is 14.0. The Morgan fingerprint density at radius 2 is 1.43 bits per heavy atom. The number of aromatic nitrogens is 3. The van der Waals surface area contributed by atoms with E-state index in [-0.39, 0.29) is 6.04 Å². The molecule has 0 saturated heterocycles. The van der Waals surface area contributed by atoms with E-state index < -0.39 is 0 Å². The lowest BCUT2D eigenvalue weighted by molar-refractivity contribution is 0.479. The number of benzene rings is 1. The lowest BCUT2D eigenvalue weighted by Gasteiger charge is -2.22. The molecule has 1 aliphatic carbocycles. The van der Waals surface area contributed by atoms with Crippen LogP contribution in [0, 0.1) is 0 Å². The number of hydrogen-bond acceptors (Lipinski definition) is 5. The number of fused-ring (bicyclic) bond motifs is 1. The fourth-order valence-electron chi connectivity index (χ4n) is 5.16. The Kier molecular flexibility index (Phi) is 7.56. The molecule has 0 fully saturated rings. The molecule has 5 heteroatoms. The van der Waals surface area contributed by atoms with Crippen molar-refractivity contribution in [3.63, 3.8) is 0 Å². The molecule has 1 aliphatic rings. The van der Waals surface area contributed by atoms with Gasteiger partial charge in [-0.15, -0.1) is 0 Å². The molecule has 4 aromatic rings. The standard InChI is InChI=1S/C30H33N5/c31-20-23-13-14-24(21-35-29-12-2-1-8-22-9-7-17-34-30(22)29)28(19-26-11-4-6-16-33-26)27(23)18-25-10-3-5-15-32-25/h3-7,9-11,13-17,29,35H,1-2,8,12,18-21,31H2. The van der Waals surface area contributed by atoms with Gasteiger partial charge in [-0.25, -0.2) is 0 Å². The summed E-state index contributed by atoms with van der Waals surface area (Å²) in [5, 5.41) is 3.86. The Morgan fingerprint density at radius 3 is 2.11 bits per heavy atom. The zero-order chi connectivity index (χ0) is 23.9. The van der Waals surface area contributed by atoms with Gasteiger partial charge >= 0.3 is 0 Å². The monoisotopic (exact) mass is 463 g/mol. The fourth-order valence-corrected chi connectivity index (χ4v) is 5.16. The zero-order valence-electron chi connectivity index (χ0n) is 20.2. The molecule has 1 atom stereocenters. The largest absolute Gasteiger partial charge is 0.326 e. The Morgan fingerprint density at radius 1 is 0.743 bits per heavy atom. The Labute approximate surface area is 207 Å². The molecule has 1 aromatic carbocycles. The molecule has 3 N–H and O–H groups in total. The molecule has 3 heterocycles. The van der Waals surface area contributed by atoms with Gasteiger partial charge in [0.1, 0.15) is 0 Å². The van der Waals surface area contributed by atoms with E-state index in [1.807, 2.05) is 36.8 Å². The number of pyridine rings is 3. The molecule has 0 saturated carbocycles. The average Bonchev–Trinajstić information content (AvgIpc) is 3.12. The predicted molar refractivity (Wildman–Crippen MR) is 140 cm³/mol. The van der Waals surface area contributed by atoms with Crippen molar-refractivity contribution in [1.29, 1.82) is 0 Å². The quantitative estimate of drug-likeness (QED) is 0.357. The van der Waals surface area contributed by atoms with Crippen LogP contribution in [0.25, 0.3) is 0 Å². The van der Waals surface area contributed by atoms with Crippen LogP contribution in [0.5, 0.6) is 0 Å². The highest BCUT2D eigenvalue weighted by Crippen LogP contribution is 2.29. The van der Waals surface area contributed by atoms with Gasteiger partial charge in [-0.1, -0.05) is 36.8 Å². The molecule has 0 spiro atoms. The van der Waals surface area contributed by atoms with Crippen LogP contribution in [0.4, 0.5) is 0 Å². The van der Waals surface area contributed by atoms with Crippen molar-refractivity contribution in [3.05, 3.63) is 124 Å². The molecule has 0 aliphatic heterocycles. The summed E-state index contributed by atoms with van der Waals surface area (Å²) >= 11 is 0. The number of nitrogens with two attached hydrogens (primary N) is 1. The minimum atomic E-state index is 0.268. The lowest BCUT2D eigenvalue weighted by atomic mass is 9.89. The van der Waals surface area contributed by atoms with Crippen LogP contribution in [-0.4, -0.2) is 15.0 Å². The molecular weight excluding hydrogens is 430 g/mol. The van der Waals surface area contributed by atoms with Crippen molar-refractivity contribution < 1.29 is 0 Å². The predicted octanol–water partition coefficient (Wildman–Crippen LogP) is 5.07. The summed E-state index contributed by atoms with van der Waals surface area (Å²) in [6.07, 6.45) is 11.8. The van der Waals surface area contributed by atoms with Crippen molar-refractivity contribution in [1.82, 2.24) is 20.3 Å². The number of nitrogens with one attached hydrogen (secondary N) is 1. The van der Waals surface area contributed by atoms with Crippen LogP contribution in [0.1, 0.15) is 70.2 Å². The molecule has 0 bridgehead atoms. The van der Waals surface area contributed by atoms with Crippen molar-refractivity contribution >= 4 is 0 Å². The van der Waals surface area contributed by atoms with Crippen LogP contribution in [0.3, 0.4) is 0 Å². The van der Waals surface area contributed by atoms with Gasteiger partial charge in [0.25, 0.3) is 0 Å². The first kappa shape index (κ1) is 23.3. The van der Waals surface area contributed by atoms with E-state index in [0.717, 1.165) is 43.6 Å². The summed E-state index contributed by atoms with van der Waals surface area (Å²) in [6.45, 7) is 1.29. The van der Waals surface area contributed by atoms with E-state index in [1.54, 1.807) is 0 Å². The minimum Gasteiger partial charge on any atom is -0.326 e. The highest BCUT2D eigenvalue weighted by Gasteiger charge is 2.21. The lowest BCUT2D eigenvalue weighted by Crippen LogP contribution is -2.23. The fraction of sp³-hybridized carbons (Fsp3) is 0.300. The molecule has 1 unspecified atom stereocenters. The van der Waals surface area contributed by atoms with Crippen LogP contribution in [0.15, 0.2) is 79.3 Å². The van der Waals surface area contributed by atoms with E-state index in [1.165, 1.54) is 46.4 Å².